The van der Waals surface area contributed by atoms with E-state index in [2.05, 4.69) is 36.8 Å². The van der Waals surface area contributed by atoms with Crippen LogP contribution in [0.25, 0.3) is 10.9 Å². The van der Waals surface area contributed by atoms with Crippen molar-refractivity contribution in [3.8, 4) is 5.75 Å². The number of nitro groups is 1. The minimum absolute atomic E-state index is 0.153. The highest BCUT2D eigenvalue weighted by atomic mass is 79.9. The number of ether oxygens (including phenoxy) is 1. The lowest BCUT2D eigenvalue weighted by Crippen LogP contribution is -2.12. The van der Waals surface area contributed by atoms with Crippen molar-refractivity contribution >= 4 is 66.0 Å². The molecule has 0 fully saturated rings. The lowest BCUT2D eigenvalue weighted by atomic mass is 10.1. The van der Waals surface area contributed by atoms with Gasteiger partial charge in [0.05, 0.1) is 9.40 Å². The second-order valence-electron chi connectivity index (χ2n) is 4.88. The summed E-state index contributed by atoms with van der Waals surface area (Å²) in [6, 6.07) is 9.01. The molecule has 0 aliphatic carbocycles. The summed E-state index contributed by atoms with van der Waals surface area (Å²) in [5.41, 5.74) is -0.190. The molecule has 3 rings (SSSR count). The Bertz CT molecular complexity index is 1030. The fraction of sp³-hybridized carbons (Fsp3) is 0. The third-order valence-corrected chi connectivity index (χ3v) is 4.80. The molecule has 25 heavy (non-hydrogen) atoms. The number of halogens is 3. The topological polar surface area (TPSA) is 82.3 Å². The Hall–Kier alpha value is -2.03. The Morgan fingerprint density at radius 3 is 2.68 bits per heavy atom. The van der Waals surface area contributed by atoms with Crippen LogP contribution in [0.2, 0.25) is 5.02 Å². The fourth-order valence-electron chi connectivity index (χ4n) is 2.22. The first kappa shape index (κ1) is 17.8. The van der Waals surface area contributed by atoms with Crippen molar-refractivity contribution in [2.24, 2.45) is 0 Å². The van der Waals surface area contributed by atoms with E-state index in [4.69, 9.17) is 16.3 Å². The number of hydrogen-bond acceptors (Lipinski definition) is 5. The first-order valence-corrected chi connectivity index (χ1v) is 8.73. The predicted octanol–water partition coefficient (Wildman–Crippen LogP) is 5.54. The molecule has 2 aromatic carbocycles. The average molecular weight is 487 g/mol. The maximum atomic E-state index is 12.5. The number of aromatic nitrogens is 1. The molecule has 9 heteroatoms. The van der Waals surface area contributed by atoms with Crippen LogP contribution in [0.4, 0.5) is 5.69 Å². The van der Waals surface area contributed by atoms with E-state index in [0.717, 1.165) is 15.9 Å². The van der Waals surface area contributed by atoms with Crippen LogP contribution < -0.4 is 4.74 Å². The van der Waals surface area contributed by atoms with Gasteiger partial charge in [0.1, 0.15) is 11.1 Å². The zero-order valence-electron chi connectivity index (χ0n) is 12.2. The predicted molar refractivity (Wildman–Crippen MR) is 100 cm³/mol. The Morgan fingerprint density at radius 2 is 1.96 bits per heavy atom. The van der Waals surface area contributed by atoms with Crippen molar-refractivity contribution in [3.63, 3.8) is 0 Å². The molecule has 0 saturated carbocycles. The minimum Gasteiger partial charge on any atom is -0.419 e. The summed E-state index contributed by atoms with van der Waals surface area (Å²) in [5, 5.41) is 12.1. The molecule has 0 saturated heterocycles. The molecule has 0 aliphatic rings. The monoisotopic (exact) mass is 484 g/mol. The van der Waals surface area contributed by atoms with Gasteiger partial charge in [-0.05, 0) is 40.2 Å². The zero-order chi connectivity index (χ0) is 18.1. The number of carbonyl (C=O) groups is 1. The van der Waals surface area contributed by atoms with Gasteiger partial charge in [-0.3, -0.25) is 15.1 Å². The van der Waals surface area contributed by atoms with Gasteiger partial charge < -0.3 is 4.74 Å². The standard InChI is InChI=1S/C16H7Br2ClN2O4/c17-11-7-12(18)15(14-9(11)2-1-5-20-14)25-16(22)10-4-3-8(19)6-13(10)21(23)24/h1-7H. The van der Waals surface area contributed by atoms with E-state index in [0.29, 0.717) is 9.99 Å². The fourth-order valence-corrected chi connectivity index (χ4v) is 3.74. The maximum absolute atomic E-state index is 12.5. The molecule has 3 aromatic rings. The van der Waals surface area contributed by atoms with E-state index < -0.39 is 16.6 Å². The molecule has 0 N–H and O–H groups in total. The van der Waals surface area contributed by atoms with Crippen LogP contribution in [0.15, 0.2) is 51.5 Å². The average Bonchev–Trinajstić information content (AvgIpc) is 2.58. The van der Waals surface area contributed by atoms with Gasteiger partial charge in [0, 0.05) is 27.1 Å². The number of benzene rings is 2. The summed E-state index contributed by atoms with van der Waals surface area (Å²) in [7, 11) is 0. The molecule has 0 aliphatic heterocycles. The first-order chi connectivity index (χ1) is 11.9. The third-order valence-electron chi connectivity index (χ3n) is 3.32. The van der Waals surface area contributed by atoms with E-state index in [1.54, 1.807) is 24.4 Å². The maximum Gasteiger partial charge on any atom is 0.350 e. The molecule has 6 nitrogen and oxygen atoms in total. The van der Waals surface area contributed by atoms with Crippen LogP contribution in [0.5, 0.6) is 5.75 Å². The molecule has 1 heterocycles. The van der Waals surface area contributed by atoms with E-state index >= 15 is 0 Å². The number of fused-ring (bicyclic) bond motifs is 1. The molecule has 0 radical (unpaired) electrons. The Kier molecular flexibility index (Phi) is 5.03. The lowest BCUT2D eigenvalue weighted by Gasteiger charge is -2.11. The van der Waals surface area contributed by atoms with Crippen molar-refractivity contribution in [2.45, 2.75) is 0 Å². The van der Waals surface area contributed by atoms with E-state index in [-0.39, 0.29) is 16.3 Å². The number of carbonyl (C=O) groups excluding carboxylic acids is 1. The number of pyridine rings is 1. The molecule has 0 spiro atoms. The summed E-state index contributed by atoms with van der Waals surface area (Å²) in [6.07, 6.45) is 1.56. The quantitative estimate of drug-likeness (QED) is 0.210. The van der Waals surface area contributed by atoms with Crippen LogP contribution in [0, 0.1) is 10.1 Å². The highest BCUT2D eigenvalue weighted by molar-refractivity contribution is 9.11. The smallest absolute Gasteiger partial charge is 0.350 e. The summed E-state index contributed by atoms with van der Waals surface area (Å²) in [6.45, 7) is 0. The van der Waals surface area contributed by atoms with Crippen molar-refractivity contribution in [1.29, 1.82) is 0 Å². The van der Waals surface area contributed by atoms with Gasteiger partial charge in [0.15, 0.2) is 5.75 Å². The number of esters is 1. The number of hydrogen-bond donors (Lipinski definition) is 0. The first-order valence-electron chi connectivity index (χ1n) is 6.77. The third kappa shape index (κ3) is 3.51. The normalized spacial score (nSPS) is 10.7. The van der Waals surface area contributed by atoms with Crippen molar-refractivity contribution in [1.82, 2.24) is 4.98 Å². The van der Waals surface area contributed by atoms with Gasteiger partial charge in [-0.15, -0.1) is 0 Å². The van der Waals surface area contributed by atoms with Crippen molar-refractivity contribution in [2.75, 3.05) is 0 Å². The van der Waals surface area contributed by atoms with Crippen LogP contribution in [0.3, 0.4) is 0 Å². The second kappa shape index (κ2) is 7.07. The van der Waals surface area contributed by atoms with E-state index in [1.165, 1.54) is 12.1 Å². The van der Waals surface area contributed by atoms with Crippen LogP contribution in [-0.2, 0) is 0 Å². The highest BCUT2D eigenvalue weighted by Gasteiger charge is 2.24. The van der Waals surface area contributed by atoms with Gasteiger partial charge in [-0.2, -0.15) is 0 Å². The van der Waals surface area contributed by atoms with Crippen LogP contribution >= 0.6 is 43.5 Å². The van der Waals surface area contributed by atoms with Gasteiger partial charge in [0.2, 0.25) is 0 Å². The van der Waals surface area contributed by atoms with Crippen molar-refractivity contribution in [3.05, 3.63) is 72.2 Å². The Balaban J connectivity index is 2.09. The van der Waals surface area contributed by atoms with E-state index in [9.17, 15) is 14.9 Å². The largest absolute Gasteiger partial charge is 0.419 e. The van der Waals surface area contributed by atoms with E-state index in [1.807, 2.05) is 0 Å². The molecular weight excluding hydrogens is 479 g/mol. The second-order valence-corrected chi connectivity index (χ2v) is 7.02. The highest BCUT2D eigenvalue weighted by Crippen LogP contribution is 2.38. The van der Waals surface area contributed by atoms with Crippen LogP contribution in [-0.4, -0.2) is 15.9 Å². The number of nitrogens with zero attached hydrogens (tertiary/aromatic N) is 2. The summed E-state index contributed by atoms with van der Waals surface area (Å²) >= 11 is 12.5. The Labute approximate surface area is 163 Å². The molecule has 0 unspecified atom stereocenters. The van der Waals surface area contributed by atoms with Gasteiger partial charge in [-0.25, -0.2) is 4.79 Å². The van der Waals surface area contributed by atoms with Gasteiger partial charge in [0.25, 0.3) is 5.69 Å². The summed E-state index contributed by atoms with van der Waals surface area (Å²) in [4.78, 5) is 27.2. The van der Waals surface area contributed by atoms with Crippen LogP contribution in [0.1, 0.15) is 10.4 Å². The molecule has 126 valence electrons. The number of rotatable bonds is 3. The zero-order valence-corrected chi connectivity index (χ0v) is 16.1. The number of nitro benzene ring substituents is 1. The molecule has 0 atom stereocenters. The van der Waals surface area contributed by atoms with Crippen molar-refractivity contribution < 1.29 is 14.5 Å². The van der Waals surface area contributed by atoms with Gasteiger partial charge in [-0.1, -0.05) is 33.6 Å². The summed E-state index contributed by atoms with van der Waals surface area (Å²) < 4.78 is 6.66. The van der Waals surface area contributed by atoms with Gasteiger partial charge >= 0.3 is 5.97 Å². The minimum atomic E-state index is -0.877. The SMILES string of the molecule is O=C(Oc1c(Br)cc(Br)c2cccnc12)c1ccc(Cl)cc1[N+](=O)[O-]. The molecule has 0 amide bonds. The molecule has 1 aromatic heterocycles. The molecular formula is C16H7Br2ClN2O4. The lowest BCUT2D eigenvalue weighted by molar-refractivity contribution is -0.385. The Morgan fingerprint density at radius 1 is 1.20 bits per heavy atom. The summed E-state index contributed by atoms with van der Waals surface area (Å²) in [5.74, 6) is -0.702. The molecule has 0 bridgehead atoms.